The summed E-state index contributed by atoms with van der Waals surface area (Å²) in [6.45, 7) is 1.57. The topological polar surface area (TPSA) is 46.5 Å². The normalized spacial score (nSPS) is 10.1. The average molecular weight is 603 g/mol. The molecule has 206 valence electrons. The highest BCUT2D eigenvalue weighted by Crippen LogP contribution is 2.29. The highest BCUT2D eigenvalue weighted by Gasteiger charge is 2.08. The van der Waals surface area contributed by atoms with E-state index < -0.39 is 5.97 Å². The first-order valence-corrected chi connectivity index (χ1v) is 15.9. The smallest absolute Gasteiger partial charge is 0.341 e. The first-order chi connectivity index (χ1) is 20.5. The standard InChI is InChI=1S/C36H26O3S3/c1-26-24-33(18-19-35(26)39-25-36(37)38)42-23-20-34(29-12-6-27(7-13-29)10-16-31-4-2-21-40-31)30-14-8-28(9-15-30)11-17-32-5-3-22-41-32/h2-9,12-15,18-22,24H,23,25H2,1H3,(H,37,38). The molecule has 0 saturated heterocycles. The lowest BCUT2D eigenvalue weighted by Crippen LogP contribution is -2.09. The van der Waals surface area contributed by atoms with Crippen molar-refractivity contribution < 1.29 is 14.6 Å². The van der Waals surface area contributed by atoms with Crippen molar-refractivity contribution in [2.75, 3.05) is 12.4 Å². The summed E-state index contributed by atoms with van der Waals surface area (Å²) < 4.78 is 5.37. The number of rotatable bonds is 8. The molecule has 0 atom stereocenters. The summed E-state index contributed by atoms with van der Waals surface area (Å²) in [5.74, 6) is 13.3. The van der Waals surface area contributed by atoms with Gasteiger partial charge in [0, 0.05) is 21.8 Å². The van der Waals surface area contributed by atoms with Crippen molar-refractivity contribution in [2.24, 2.45) is 0 Å². The van der Waals surface area contributed by atoms with Crippen molar-refractivity contribution in [2.45, 2.75) is 11.8 Å². The second kappa shape index (κ2) is 14.4. The lowest BCUT2D eigenvalue weighted by atomic mass is 9.96. The Morgan fingerprint density at radius 2 is 1.38 bits per heavy atom. The van der Waals surface area contributed by atoms with E-state index in [0.717, 1.165) is 53.8 Å². The number of aryl methyl sites for hydroxylation is 1. The molecule has 0 fully saturated rings. The summed E-state index contributed by atoms with van der Waals surface area (Å²) >= 11 is 4.99. The van der Waals surface area contributed by atoms with Gasteiger partial charge in [0.1, 0.15) is 5.75 Å². The molecule has 3 nitrogen and oxygen atoms in total. The van der Waals surface area contributed by atoms with Gasteiger partial charge in [0.05, 0.1) is 9.75 Å². The van der Waals surface area contributed by atoms with Crippen LogP contribution in [0.25, 0.3) is 5.57 Å². The Labute approximate surface area is 258 Å². The predicted molar refractivity (Wildman–Crippen MR) is 176 cm³/mol. The molecule has 0 bridgehead atoms. The van der Waals surface area contributed by atoms with Crippen LogP contribution in [0.4, 0.5) is 0 Å². The molecule has 2 heterocycles. The first-order valence-electron chi connectivity index (χ1n) is 13.1. The van der Waals surface area contributed by atoms with Crippen molar-refractivity contribution in [3.05, 3.63) is 145 Å². The molecule has 3 aromatic carbocycles. The maximum Gasteiger partial charge on any atom is 0.341 e. The Morgan fingerprint density at radius 3 is 1.86 bits per heavy atom. The van der Waals surface area contributed by atoms with Gasteiger partial charge in [-0.15, -0.1) is 34.4 Å². The second-order valence-corrected chi connectivity index (χ2v) is 12.1. The zero-order valence-electron chi connectivity index (χ0n) is 22.8. The maximum atomic E-state index is 10.8. The van der Waals surface area contributed by atoms with Gasteiger partial charge in [-0.1, -0.05) is 66.2 Å². The SMILES string of the molecule is Cc1cc(SCC=C(c2ccc(C#Cc3cccs3)cc2)c2ccc(C#Cc3cccs3)cc2)ccc1OCC(=O)O. The Kier molecular flexibility index (Phi) is 9.98. The number of thiophene rings is 2. The van der Waals surface area contributed by atoms with Crippen molar-refractivity contribution in [3.63, 3.8) is 0 Å². The number of carboxylic acids is 1. The third-order valence-corrected chi connectivity index (χ3v) is 8.62. The third-order valence-electron chi connectivity index (χ3n) is 6.13. The summed E-state index contributed by atoms with van der Waals surface area (Å²) in [5, 5.41) is 13.0. The molecule has 0 unspecified atom stereocenters. The van der Waals surface area contributed by atoms with E-state index in [2.05, 4.69) is 78.3 Å². The van der Waals surface area contributed by atoms with Crippen LogP contribution < -0.4 is 4.74 Å². The van der Waals surface area contributed by atoms with Gasteiger partial charge >= 0.3 is 5.97 Å². The van der Waals surface area contributed by atoms with E-state index in [4.69, 9.17) is 9.84 Å². The van der Waals surface area contributed by atoms with Crippen LogP contribution in [0.15, 0.2) is 113 Å². The summed E-state index contributed by atoms with van der Waals surface area (Å²) in [6.07, 6.45) is 2.24. The molecule has 42 heavy (non-hydrogen) atoms. The van der Waals surface area contributed by atoms with Gasteiger partial charge in [-0.3, -0.25) is 0 Å². The number of thioether (sulfide) groups is 1. The molecular formula is C36H26O3S3. The quantitative estimate of drug-likeness (QED) is 0.143. The lowest BCUT2D eigenvalue weighted by molar-refractivity contribution is -0.139. The Balaban J connectivity index is 1.36. The number of ether oxygens (including phenoxy) is 1. The highest BCUT2D eigenvalue weighted by atomic mass is 32.2. The van der Waals surface area contributed by atoms with E-state index in [0.29, 0.717) is 5.75 Å². The molecule has 0 saturated carbocycles. The van der Waals surface area contributed by atoms with E-state index in [1.807, 2.05) is 60.1 Å². The van der Waals surface area contributed by atoms with Gasteiger partial charge in [0.15, 0.2) is 6.61 Å². The Bertz CT molecular complexity index is 1690. The molecule has 1 N–H and O–H groups in total. The van der Waals surface area contributed by atoms with Crippen molar-refractivity contribution in [1.82, 2.24) is 0 Å². The van der Waals surface area contributed by atoms with Crippen LogP contribution in [0.3, 0.4) is 0 Å². The number of carbonyl (C=O) groups is 1. The van der Waals surface area contributed by atoms with Crippen LogP contribution in [-0.2, 0) is 4.79 Å². The van der Waals surface area contributed by atoms with Crippen LogP contribution in [0.5, 0.6) is 5.75 Å². The van der Waals surface area contributed by atoms with Crippen LogP contribution in [0.2, 0.25) is 0 Å². The average Bonchev–Trinajstić information content (AvgIpc) is 3.72. The summed E-state index contributed by atoms with van der Waals surface area (Å²) in [6, 6.07) is 30.6. The number of hydrogen-bond donors (Lipinski definition) is 1. The fraction of sp³-hybridized carbons (Fsp3) is 0.0833. The fourth-order valence-corrected chi connectivity index (χ4v) is 6.08. The Morgan fingerprint density at radius 1 is 0.810 bits per heavy atom. The van der Waals surface area contributed by atoms with E-state index >= 15 is 0 Å². The number of benzene rings is 3. The zero-order chi connectivity index (χ0) is 29.1. The number of hydrogen-bond acceptors (Lipinski definition) is 5. The van der Waals surface area contributed by atoms with Gasteiger partial charge in [0.25, 0.3) is 0 Å². The van der Waals surface area contributed by atoms with Crippen LogP contribution >= 0.6 is 34.4 Å². The van der Waals surface area contributed by atoms with Crippen molar-refractivity contribution >= 4 is 46.0 Å². The van der Waals surface area contributed by atoms with Gasteiger partial charge in [-0.05, 0) is 94.5 Å². The molecular weight excluding hydrogens is 577 g/mol. The molecule has 0 aliphatic rings. The highest BCUT2D eigenvalue weighted by molar-refractivity contribution is 7.99. The molecule has 0 amide bonds. The van der Waals surface area contributed by atoms with Crippen molar-refractivity contribution in [3.8, 4) is 29.4 Å². The van der Waals surface area contributed by atoms with Gasteiger partial charge in [-0.25, -0.2) is 4.79 Å². The van der Waals surface area contributed by atoms with Crippen LogP contribution in [0.1, 0.15) is 37.6 Å². The lowest BCUT2D eigenvalue weighted by Gasteiger charge is -2.11. The van der Waals surface area contributed by atoms with Crippen LogP contribution in [0, 0.1) is 30.6 Å². The van der Waals surface area contributed by atoms with Gasteiger partial charge < -0.3 is 9.84 Å². The summed E-state index contributed by atoms with van der Waals surface area (Å²) in [4.78, 5) is 14.0. The molecule has 5 rings (SSSR count). The molecule has 0 aliphatic carbocycles. The van der Waals surface area contributed by atoms with E-state index in [1.165, 1.54) is 0 Å². The zero-order valence-corrected chi connectivity index (χ0v) is 25.2. The van der Waals surface area contributed by atoms with Gasteiger partial charge in [-0.2, -0.15) is 0 Å². The molecule has 0 aliphatic heterocycles. The second-order valence-electron chi connectivity index (χ2n) is 9.15. The molecule has 6 heteroatoms. The largest absolute Gasteiger partial charge is 0.482 e. The first kappa shape index (κ1) is 29.0. The number of carboxylic acid groups (broad SMARTS) is 1. The fourth-order valence-electron chi connectivity index (χ4n) is 4.07. The van der Waals surface area contributed by atoms with E-state index in [9.17, 15) is 4.79 Å². The van der Waals surface area contributed by atoms with E-state index in [1.54, 1.807) is 34.4 Å². The minimum Gasteiger partial charge on any atom is -0.482 e. The van der Waals surface area contributed by atoms with E-state index in [-0.39, 0.29) is 6.61 Å². The molecule has 5 aromatic rings. The minimum atomic E-state index is -0.990. The minimum absolute atomic E-state index is 0.351. The molecule has 0 spiro atoms. The maximum absolute atomic E-state index is 10.8. The molecule has 2 aromatic heterocycles. The van der Waals surface area contributed by atoms with Gasteiger partial charge in [0.2, 0.25) is 0 Å². The monoisotopic (exact) mass is 602 g/mol. The summed E-state index contributed by atoms with van der Waals surface area (Å²) in [7, 11) is 0. The summed E-state index contributed by atoms with van der Waals surface area (Å²) in [5.41, 5.74) is 6.22. The third kappa shape index (κ3) is 8.28. The Hall–Kier alpha value is -4.46. The van der Waals surface area contributed by atoms with Crippen LogP contribution in [-0.4, -0.2) is 23.4 Å². The van der Waals surface area contributed by atoms with Crippen molar-refractivity contribution in [1.29, 1.82) is 0 Å². The predicted octanol–water partition coefficient (Wildman–Crippen LogP) is 8.61. The number of aliphatic carboxylic acids is 1. The molecule has 0 radical (unpaired) electrons.